The fourth-order valence-corrected chi connectivity index (χ4v) is 2.86. The molecule has 1 fully saturated rings. The summed E-state index contributed by atoms with van der Waals surface area (Å²) < 4.78 is 33.1. The van der Waals surface area contributed by atoms with Crippen molar-refractivity contribution in [3.63, 3.8) is 0 Å². The zero-order valence-electron chi connectivity index (χ0n) is 17.7. The Labute approximate surface area is 179 Å². The summed E-state index contributed by atoms with van der Waals surface area (Å²) >= 11 is 0. The Morgan fingerprint density at radius 2 is 1.23 bits per heavy atom. The molecule has 1 saturated heterocycles. The fourth-order valence-electron chi connectivity index (χ4n) is 2.86. The molecular weight excluding hydrogens is 390 g/mol. The maximum Gasteiger partial charge on any atom is 0.150 e. The number of carbonyl (C=O) groups excluding carboxylic acids is 1. The van der Waals surface area contributed by atoms with E-state index in [1.807, 2.05) is 0 Å². The van der Waals surface area contributed by atoms with Gasteiger partial charge in [0.05, 0.1) is 65.6 Å². The van der Waals surface area contributed by atoms with Gasteiger partial charge in [-0.15, -0.1) is 0 Å². The summed E-state index contributed by atoms with van der Waals surface area (Å²) in [6.07, 6.45) is 3.35. The molecule has 0 atom stereocenters. The highest BCUT2D eigenvalue weighted by Gasteiger charge is 2.12. The van der Waals surface area contributed by atoms with Crippen molar-refractivity contribution in [2.75, 3.05) is 79.2 Å². The molecule has 0 unspecified atom stereocenters. The van der Waals surface area contributed by atoms with Crippen LogP contribution in [-0.4, -0.2) is 91.5 Å². The van der Waals surface area contributed by atoms with Gasteiger partial charge in [0, 0.05) is 5.56 Å². The third kappa shape index (κ3) is 12.2. The summed E-state index contributed by atoms with van der Waals surface area (Å²) in [5.74, 6) is 0.718. The summed E-state index contributed by atoms with van der Waals surface area (Å²) in [5.41, 5.74) is 0.629. The van der Waals surface area contributed by atoms with Crippen molar-refractivity contribution in [2.45, 2.75) is 18.9 Å². The van der Waals surface area contributed by atoms with Gasteiger partial charge in [-0.2, -0.15) is 0 Å². The van der Waals surface area contributed by atoms with E-state index in [2.05, 4.69) is 5.32 Å². The minimum Gasteiger partial charge on any atom is -0.491 e. The van der Waals surface area contributed by atoms with E-state index in [9.17, 15) is 4.79 Å². The van der Waals surface area contributed by atoms with Gasteiger partial charge in [0.1, 0.15) is 18.6 Å². The van der Waals surface area contributed by atoms with Gasteiger partial charge in [0.15, 0.2) is 0 Å². The Morgan fingerprint density at radius 1 is 0.733 bits per heavy atom. The van der Waals surface area contributed by atoms with Crippen molar-refractivity contribution in [2.24, 2.45) is 0 Å². The van der Waals surface area contributed by atoms with Crippen molar-refractivity contribution in [1.82, 2.24) is 5.32 Å². The predicted octanol–water partition coefficient (Wildman–Crippen LogP) is 1.71. The van der Waals surface area contributed by atoms with Gasteiger partial charge in [-0.25, -0.2) is 0 Å². The number of nitrogens with one attached hydrogen (secondary N) is 1. The largest absolute Gasteiger partial charge is 0.491 e. The number of ether oxygens (including phenoxy) is 6. The van der Waals surface area contributed by atoms with E-state index >= 15 is 0 Å². The van der Waals surface area contributed by atoms with Crippen LogP contribution in [0.4, 0.5) is 0 Å². The van der Waals surface area contributed by atoms with E-state index < -0.39 is 0 Å². The molecule has 8 nitrogen and oxygen atoms in total. The SMILES string of the molecule is O=Cc1ccc(OCCOCCOCCOCCOCCOC2CCNCC2)cc1. The molecule has 0 amide bonds. The normalized spacial score (nSPS) is 14.7. The number of aldehydes is 1. The van der Waals surface area contributed by atoms with E-state index in [0.717, 1.165) is 38.0 Å². The molecule has 8 heteroatoms. The van der Waals surface area contributed by atoms with Crippen LogP contribution in [-0.2, 0) is 23.7 Å². The van der Waals surface area contributed by atoms with E-state index in [-0.39, 0.29) is 0 Å². The molecule has 1 aliphatic heterocycles. The lowest BCUT2D eigenvalue weighted by Crippen LogP contribution is -2.33. The number of benzene rings is 1. The van der Waals surface area contributed by atoms with Gasteiger partial charge in [-0.05, 0) is 50.2 Å². The van der Waals surface area contributed by atoms with E-state index in [1.165, 1.54) is 0 Å². The Bertz CT molecular complexity index is 535. The molecule has 1 heterocycles. The lowest BCUT2D eigenvalue weighted by Gasteiger charge is -2.22. The number of carbonyl (C=O) groups is 1. The summed E-state index contributed by atoms with van der Waals surface area (Å²) in [6, 6.07) is 6.97. The van der Waals surface area contributed by atoms with Crippen LogP contribution >= 0.6 is 0 Å². The van der Waals surface area contributed by atoms with Crippen LogP contribution in [0.1, 0.15) is 23.2 Å². The molecule has 1 N–H and O–H groups in total. The summed E-state index contributed by atoms with van der Waals surface area (Å²) in [4.78, 5) is 10.6. The lowest BCUT2D eigenvalue weighted by atomic mass is 10.1. The second kappa shape index (κ2) is 17.2. The maximum absolute atomic E-state index is 10.6. The molecule has 2 rings (SSSR count). The third-order valence-electron chi connectivity index (χ3n) is 4.50. The van der Waals surface area contributed by atoms with Gasteiger partial charge < -0.3 is 33.7 Å². The molecule has 0 aromatic heterocycles. The average Bonchev–Trinajstić information content (AvgIpc) is 2.80. The number of hydrogen-bond acceptors (Lipinski definition) is 8. The molecule has 0 bridgehead atoms. The van der Waals surface area contributed by atoms with Crippen molar-refractivity contribution in [1.29, 1.82) is 0 Å². The molecule has 30 heavy (non-hydrogen) atoms. The smallest absolute Gasteiger partial charge is 0.150 e. The van der Waals surface area contributed by atoms with Crippen LogP contribution in [0.5, 0.6) is 5.75 Å². The van der Waals surface area contributed by atoms with Crippen molar-refractivity contribution >= 4 is 6.29 Å². The molecule has 1 aromatic carbocycles. The Morgan fingerprint density at radius 3 is 1.77 bits per heavy atom. The number of piperidine rings is 1. The van der Waals surface area contributed by atoms with Crippen molar-refractivity contribution in [3.05, 3.63) is 29.8 Å². The average molecular weight is 426 g/mol. The molecular formula is C22H35NO7. The van der Waals surface area contributed by atoms with Crippen molar-refractivity contribution < 1.29 is 33.2 Å². The number of hydrogen-bond donors (Lipinski definition) is 1. The van der Waals surface area contributed by atoms with Gasteiger partial charge in [0.2, 0.25) is 0 Å². The highest BCUT2D eigenvalue weighted by molar-refractivity contribution is 5.74. The van der Waals surface area contributed by atoms with Crippen LogP contribution in [0.15, 0.2) is 24.3 Å². The summed E-state index contributed by atoms with van der Waals surface area (Å²) in [6.45, 7) is 7.48. The zero-order valence-corrected chi connectivity index (χ0v) is 17.7. The molecule has 0 saturated carbocycles. The standard InChI is InChI=1S/C22H35NO7/c24-19-20-1-3-21(4-2-20)29-17-15-27-13-11-25-9-10-26-12-14-28-16-18-30-22-5-7-23-8-6-22/h1-4,19,22-23H,5-18H2. The third-order valence-corrected chi connectivity index (χ3v) is 4.50. The zero-order chi connectivity index (χ0) is 21.1. The van der Waals surface area contributed by atoms with Crippen LogP contribution in [0.25, 0.3) is 0 Å². The topological polar surface area (TPSA) is 84.5 Å². The number of rotatable bonds is 18. The van der Waals surface area contributed by atoms with Crippen LogP contribution in [0.2, 0.25) is 0 Å². The molecule has 1 aliphatic rings. The first kappa shape index (κ1) is 24.7. The minimum atomic E-state index is 0.376. The highest BCUT2D eigenvalue weighted by Crippen LogP contribution is 2.10. The molecule has 170 valence electrons. The van der Waals surface area contributed by atoms with Crippen LogP contribution in [0, 0.1) is 0 Å². The van der Waals surface area contributed by atoms with Crippen LogP contribution < -0.4 is 10.1 Å². The van der Waals surface area contributed by atoms with E-state index in [1.54, 1.807) is 24.3 Å². The molecule has 0 radical (unpaired) electrons. The second-order valence-electron chi connectivity index (χ2n) is 6.80. The minimum absolute atomic E-state index is 0.376. The van der Waals surface area contributed by atoms with Crippen molar-refractivity contribution in [3.8, 4) is 5.75 Å². The van der Waals surface area contributed by atoms with Gasteiger partial charge in [0.25, 0.3) is 0 Å². The summed E-state index contributed by atoms with van der Waals surface area (Å²) in [5, 5.41) is 3.32. The fraction of sp³-hybridized carbons (Fsp3) is 0.682. The Balaban J connectivity index is 1.25. The molecule has 0 aliphatic carbocycles. The monoisotopic (exact) mass is 425 g/mol. The summed E-state index contributed by atoms with van der Waals surface area (Å²) in [7, 11) is 0. The first-order valence-corrected chi connectivity index (χ1v) is 10.7. The van der Waals surface area contributed by atoms with Crippen LogP contribution in [0.3, 0.4) is 0 Å². The first-order chi connectivity index (χ1) is 14.9. The second-order valence-corrected chi connectivity index (χ2v) is 6.80. The maximum atomic E-state index is 10.6. The Hall–Kier alpha value is -1.55. The predicted molar refractivity (Wildman–Crippen MR) is 112 cm³/mol. The van der Waals surface area contributed by atoms with Gasteiger partial charge >= 0.3 is 0 Å². The molecule has 1 aromatic rings. The van der Waals surface area contributed by atoms with E-state index in [4.69, 9.17) is 28.4 Å². The van der Waals surface area contributed by atoms with Gasteiger partial charge in [-0.1, -0.05) is 0 Å². The van der Waals surface area contributed by atoms with E-state index in [0.29, 0.717) is 77.7 Å². The highest BCUT2D eigenvalue weighted by atomic mass is 16.6. The molecule has 0 spiro atoms. The quantitative estimate of drug-likeness (QED) is 0.281. The van der Waals surface area contributed by atoms with Gasteiger partial charge in [-0.3, -0.25) is 4.79 Å². The Kier molecular flexibility index (Phi) is 14.1. The lowest BCUT2D eigenvalue weighted by molar-refractivity contribution is -0.0284. The first-order valence-electron chi connectivity index (χ1n) is 10.7.